The maximum atomic E-state index is 12.0. The lowest BCUT2D eigenvalue weighted by Gasteiger charge is -2.25. The van der Waals surface area contributed by atoms with E-state index >= 15 is 0 Å². The number of rotatable bonds is 7. The zero-order valence-electron chi connectivity index (χ0n) is 12.9. The molecule has 1 amide bonds. The van der Waals surface area contributed by atoms with Gasteiger partial charge in [-0.15, -0.1) is 0 Å². The van der Waals surface area contributed by atoms with Crippen molar-refractivity contribution in [1.29, 1.82) is 0 Å². The van der Waals surface area contributed by atoms with Gasteiger partial charge < -0.3 is 15.0 Å². The van der Waals surface area contributed by atoms with Gasteiger partial charge in [0, 0.05) is 24.9 Å². The molecule has 0 aliphatic rings. The lowest BCUT2D eigenvalue weighted by Crippen LogP contribution is -2.43. The highest BCUT2D eigenvalue weighted by Crippen LogP contribution is 2.14. The number of aromatic nitrogens is 2. The Labute approximate surface area is 129 Å². The summed E-state index contributed by atoms with van der Waals surface area (Å²) >= 11 is 0. The van der Waals surface area contributed by atoms with Crippen molar-refractivity contribution in [3.8, 4) is 0 Å². The first-order valence-corrected chi connectivity index (χ1v) is 7.30. The van der Waals surface area contributed by atoms with Crippen LogP contribution in [0.25, 0.3) is 11.0 Å². The maximum absolute atomic E-state index is 12.0. The van der Waals surface area contributed by atoms with Gasteiger partial charge in [-0.05, 0) is 32.4 Å². The van der Waals surface area contributed by atoms with Crippen LogP contribution < -0.4 is 5.32 Å². The van der Waals surface area contributed by atoms with Crippen LogP contribution in [0, 0.1) is 0 Å². The van der Waals surface area contributed by atoms with Gasteiger partial charge in [0.1, 0.15) is 0 Å². The first-order valence-electron chi connectivity index (χ1n) is 7.30. The Balaban J connectivity index is 1.88. The first-order chi connectivity index (χ1) is 10.4. The number of carboxylic acids is 1. The second-order valence-corrected chi connectivity index (χ2v) is 6.00. The van der Waals surface area contributed by atoms with Gasteiger partial charge in [-0.1, -0.05) is 12.1 Å². The molecule has 0 aliphatic heterocycles. The first kappa shape index (κ1) is 16.0. The Morgan fingerprint density at radius 1 is 1.27 bits per heavy atom. The number of nitrogens with one attached hydrogen (secondary N) is 1. The predicted molar refractivity (Wildman–Crippen MR) is 83.4 cm³/mol. The van der Waals surface area contributed by atoms with Crippen molar-refractivity contribution >= 4 is 22.9 Å². The van der Waals surface area contributed by atoms with E-state index < -0.39 is 11.5 Å². The molecule has 118 valence electrons. The SMILES string of the molecule is CC(C)(CCC(=O)O)NC(=O)CCn1cnc2ccccc21. The van der Waals surface area contributed by atoms with E-state index in [1.165, 1.54) is 0 Å². The highest BCUT2D eigenvalue weighted by atomic mass is 16.4. The molecular weight excluding hydrogens is 282 g/mol. The van der Waals surface area contributed by atoms with Gasteiger partial charge in [0.05, 0.1) is 17.4 Å². The van der Waals surface area contributed by atoms with Gasteiger partial charge >= 0.3 is 5.97 Å². The number of nitrogens with zero attached hydrogens (tertiary/aromatic N) is 2. The van der Waals surface area contributed by atoms with Crippen LogP contribution in [0.2, 0.25) is 0 Å². The minimum atomic E-state index is -0.854. The second kappa shape index (κ2) is 6.60. The Morgan fingerprint density at radius 2 is 2.00 bits per heavy atom. The predicted octanol–water partition coefficient (Wildman–Crippen LogP) is 2.19. The van der Waals surface area contributed by atoms with E-state index in [4.69, 9.17) is 5.11 Å². The molecule has 0 spiro atoms. The second-order valence-electron chi connectivity index (χ2n) is 6.00. The summed E-state index contributed by atoms with van der Waals surface area (Å²) in [6.07, 6.45) is 2.51. The fourth-order valence-electron chi connectivity index (χ4n) is 2.33. The molecule has 22 heavy (non-hydrogen) atoms. The fourth-order valence-corrected chi connectivity index (χ4v) is 2.33. The molecule has 0 atom stereocenters. The minimum absolute atomic E-state index is 0.0411. The van der Waals surface area contributed by atoms with Crippen LogP contribution in [0.15, 0.2) is 30.6 Å². The third kappa shape index (κ3) is 4.31. The quantitative estimate of drug-likeness (QED) is 0.821. The van der Waals surface area contributed by atoms with Gasteiger partial charge in [-0.3, -0.25) is 9.59 Å². The summed E-state index contributed by atoms with van der Waals surface area (Å²) < 4.78 is 1.94. The summed E-state index contributed by atoms with van der Waals surface area (Å²) in [5.74, 6) is -0.944. The Hall–Kier alpha value is -2.37. The number of amides is 1. The molecule has 0 saturated carbocycles. The van der Waals surface area contributed by atoms with E-state index in [2.05, 4.69) is 10.3 Å². The highest BCUT2D eigenvalue weighted by Gasteiger charge is 2.21. The van der Waals surface area contributed by atoms with Crippen LogP contribution in [-0.2, 0) is 16.1 Å². The van der Waals surface area contributed by atoms with Crippen LogP contribution in [0.5, 0.6) is 0 Å². The topological polar surface area (TPSA) is 84.2 Å². The number of carboxylic acid groups (broad SMARTS) is 1. The third-order valence-electron chi connectivity index (χ3n) is 3.55. The van der Waals surface area contributed by atoms with Gasteiger partial charge in [0.2, 0.25) is 5.91 Å². The molecular formula is C16H21N3O3. The van der Waals surface area contributed by atoms with Crippen LogP contribution >= 0.6 is 0 Å². The zero-order chi connectivity index (χ0) is 16.2. The molecule has 2 aromatic rings. The summed E-state index contributed by atoms with van der Waals surface area (Å²) in [5.41, 5.74) is 1.39. The maximum Gasteiger partial charge on any atom is 0.303 e. The number of imidazole rings is 1. The number of hydrogen-bond acceptors (Lipinski definition) is 3. The van der Waals surface area contributed by atoms with Crippen LogP contribution in [0.3, 0.4) is 0 Å². The van der Waals surface area contributed by atoms with E-state index in [9.17, 15) is 9.59 Å². The molecule has 6 nitrogen and oxygen atoms in total. The molecule has 1 aromatic heterocycles. The molecule has 1 heterocycles. The van der Waals surface area contributed by atoms with Crippen molar-refractivity contribution in [2.75, 3.05) is 0 Å². The molecule has 0 saturated heterocycles. The fraction of sp³-hybridized carbons (Fsp3) is 0.438. The van der Waals surface area contributed by atoms with E-state index in [0.29, 0.717) is 19.4 Å². The van der Waals surface area contributed by atoms with Gasteiger partial charge in [0.15, 0.2) is 0 Å². The normalized spacial score (nSPS) is 11.5. The monoisotopic (exact) mass is 303 g/mol. The number of benzene rings is 1. The summed E-state index contributed by atoms with van der Waals surface area (Å²) in [7, 11) is 0. The molecule has 1 aromatic carbocycles. The Morgan fingerprint density at radius 3 is 2.73 bits per heavy atom. The van der Waals surface area contributed by atoms with E-state index in [1.54, 1.807) is 6.33 Å². The molecule has 0 unspecified atom stereocenters. The van der Waals surface area contributed by atoms with Gasteiger partial charge in [-0.25, -0.2) is 4.98 Å². The van der Waals surface area contributed by atoms with Crippen molar-refractivity contribution in [3.63, 3.8) is 0 Å². The third-order valence-corrected chi connectivity index (χ3v) is 3.55. The largest absolute Gasteiger partial charge is 0.481 e. The highest BCUT2D eigenvalue weighted by molar-refractivity contribution is 5.78. The van der Waals surface area contributed by atoms with E-state index in [-0.39, 0.29) is 12.3 Å². The molecule has 2 rings (SSSR count). The van der Waals surface area contributed by atoms with E-state index in [0.717, 1.165) is 11.0 Å². The summed E-state index contributed by atoms with van der Waals surface area (Å²) in [4.78, 5) is 26.9. The lowest BCUT2D eigenvalue weighted by atomic mass is 9.98. The standard InChI is InChI=1S/C16H21N3O3/c1-16(2,9-7-15(21)22)18-14(20)8-10-19-11-17-12-5-3-4-6-13(12)19/h3-6,11H,7-10H2,1-2H3,(H,18,20)(H,21,22). The molecule has 0 radical (unpaired) electrons. The summed E-state index contributed by atoms with van der Waals surface area (Å²) in [6, 6.07) is 7.77. The Kier molecular flexibility index (Phi) is 4.80. The number of aryl methyl sites for hydroxylation is 1. The lowest BCUT2D eigenvalue weighted by molar-refractivity contribution is -0.137. The van der Waals surface area contributed by atoms with Crippen molar-refractivity contribution in [3.05, 3.63) is 30.6 Å². The van der Waals surface area contributed by atoms with Crippen LogP contribution in [0.1, 0.15) is 33.1 Å². The number of fused-ring (bicyclic) bond motifs is 1. The molecule has 6 heteroatoms. The van der Waals surface area contributed by atoms with Crippen molar-refractivity contribution in [1.82, 2.24) is 14.9 Å². The van der Waals surface area contributed by atoms with Crippen molar-refractivity contribution < 1.29 is 14.7 Å². The van der Waals surface area contributed by atoms with Crippen LogP contribution in [-0.4, -0.2) is 32.1 Å². The Bertz CT molecular complexity index is 676. The number of para-hydroxylation sites is 2. The molecule has 0 fully saturated rings. The number of aliphatic carboxylic acids is 1. The minimum Gasteiger partial charge on any atom is -0.481 e. The number of hydrogen-bond donors (Lipinski definition) is 2. The smallest absolute Gasteiger partial charge is 0.303 e. The number of carbonyl (C=O) groups is 2. The van der Waals surface area contributed by atoms with Crippen molar-refractivity contribution in [2.24, 2.45) is 0 Å². The average molecular weight is 303 g/mol. The van der Waals surface area contributed by atoms with Crippen LogP contribution in [0.4, 0.5) is 0 Å². The number of carbonyl (C=O) groups excluding carboxylic acids is 1. The molecule has 0 aliphatic carbocycles. The van der Waals surface area contributed by atoms with Crippen molar-refractivity contribution in [2.45, 2.75) is 45.2 Å². The summed E-state index contributed by atoms with van der Waals surface area (Å²) in [6.45, 7) is 4.21. The zero-order valence-corrected chi connectivity index (χ0v) is 12.9. The molecule has 0 bridgehead atoms. The molecule has 2 N–H and O–H groups in total. The van der Waals surface area contributed by atoms with Gasteiger partial charge in [-0.2, -0.15) is 0 Å². The van der Waals surface area contributed by atoms with E-state index in [1.807, 2.05) is 42.7 Å². The van der Waals surface area contributed by atoms with Gasteiger partial charge in [0.25, 0.3) is 0 Å². The summed E-state index contributed by atoms with van der Waals surface area (Å²) in [5, 5.41) is 11.6. The average Bonchev–Trinajstić information content (AvgIpc) is 2.86.